The van der Waals surface area contributed by atoms with Crippen LogP contribution in [0.1, 0.15) is 72.1 Å². The van der Waals surface area contributed by atoms with Gasteiger partial charge in [0, 0.05) is 19.8 Å². The normalized spacial score (nSPS) is 18.9. The molecule has 2 heteroatoms. The molecule has 2 nitrogen and oxygen atoms in total. The van der Waals surface area contributed by atoms with Crippen LogP contribution in [-0.2, 0) is 9.47 Å². The number of hydrogen-bond acceptors (Lipinski definition) is 2. The minimum atomic E-state index is 0.491. The monoisotopic (exact) mass is 244 g/mol. The molecule has 0 aromatic rings. The van der Waals surface area contributed by atoms with Crippen LogP contribution in [0.15, 0.2) is 0 Å². The molecule has 1 rings (SSSR count). The molecule has 0 saturated carbocycles. The van der Waals surface area contributed by atoms with E-state index in [-0.39, 0.29) is 0 Å². The fourth-order valence-corrected chi connectivity index (χ4v) is 2.00. The first kappa shape index (κ1) is 16.9. The van der Waals surface area contributed by atoms with Crippen molar-refractivity contribution < 1.29 is 9.47 Å². The SMILES string of the molecule is CC.CCCCCCCOCCC1CCCO1. The lowest BCUT2D eigenvalue weighted by atomic mass is 10.2. The van der Waals surface area contributed by atoms with Gasteiger partial charge >= 0.3 is 0 Å². The second-order valence-corrected chi connectivity index (χ2v) is 4.45. The first-order valence-corrected chi connectivity index (χ1v) is 7.63. The maximum atomic E-state index is 5.60. The largest absolute Gasteiger partial charge is 0.381 e. The van der Waals surface area contributed by atoms with Gasteiger partial charge in [0.1, 0.15) is 0 Å². The number of hydrogen-bond donors (Lipinski definition) is 0. The number of rotatable bonds is 9. The molecule has 1 aliphatic heterocycles. The van der Waals surface area contributed by atoms with Gasteiger partial charge in [-0.1, -0.05) is 46.5 Å². The van der Waals surface area contributed by atoms with Crippen LogP contribution in [0.3, 0.4) is 0 Å². The van der Waals surface area contributed by atoms with E-state index in [1.165, 1.54) is 44.9 Å². The van der Waals surface area contributed by atoms with Crippen LogP contribution in [0.5, 0.6) is 0 Å². The fraction of sp³-hybridized carbons (Fsp3) is 1.00. The van der Waals surface area contributed by atoms with Crippen molar-refractivity contribution in [3.05, 3.63) is 0 Å². The maximum absolute atomic E-state index is 5.60. The predicted octanol–water partition coefficient (Wildman–Crippen LogP) is 4.57. The van der Waals surface area contributed by atoms with Gasteiger partial charge in [0.15, 0.2) is 0 Å². The summed E-state index contributed by atoms with van der Waals surface area (Å²) in [6.45, 7) is 9.04. The molecule has 0 amide bonds. The quantitative estimate of drug-likeness (QED) is 0.553. The average Bonchev–Trinajstić information content (AvgIpc) is 2.88. The van der Waals surface area contributed by atoms with E-state index < -0.39 is 0 Å². The summed E-state index contributed by atoms with van der Waals surface area (Å²) >= 11 is 0. The predicted molar refractivity (Wildman–Crippen MR) is 74.5 cm³/mol. The molecule has 0 N–H and O–H groups in total. The molecule has 0 radical (unpaired) electrons. The van der Waals surface area contributed by atoms with Crippen LogP contribution in [0, 0.1) is 0 Å². The zero-order chi connectivity index (χ0) is 12.8. The summed E-state index contributed by atoms with van der Waals surface area (Å²) in [5.41, 5.74) is 0. The van der Waals surface area contributed by atoms with Crippen LogP contribution >= 0.6 is 0 Å². The van der Waals surface area contributed by atoms with Gasteiger partial charge in [0.25, 0.3) is 0 Å². The molecule has 0 spiro atoms. The van der Waals surface area contributed by atoms with Gasteiger partial charge in [0.05, 0.1) is 6.10 Å². The second kappa shape index (κ2) is 14.0. The van der Waals surface area contributed by atoms with Crippen LogP contribution < -0.4 is 0 Å². The van der Waals surface area contributed by atoms with Crippen molar-refractivity contribution in [3.8, 4) is 0 Å². The molecule has 1 fully saturated rings. The van der Waals surface area contributed by atoms with Crippen LogP contribution in [0.25, 0.3) is 0 Å². The van der Waals surface area contributed by atoms with Crippen molar-refractivity contribution in [1.29, 1.82) is 0 Å². The van der Waals surface area contributed by atoms with E-state index in [1.807, 2.05) is 13.8 Å². The highest BCUT2D eigenvalue weighted by Gasteiger charge is 2.14. The zero-order valence-electron chi connectivity index (χ0n) is 12.2. The summed E-state index contributed by atoms with van der Waals surface area (Å²) in [7, 11) is 0. The molecular formula is C15H32O2. The molecule has 0 aliphatic carbocycles. The van der Waals surface area contributed by atoms with E-state index in [9.17, 15) is 0 Å². The lowest BCUT2D eigenvalue weighted by Crippen LogP contribution is -2.09. The van der Waals surface area contributed by atoms with Crippen LogP contribution in [0.4, 0.5) is 0 Å². The van der Waals surface area contributed by atoms with E-state index in [0.717, 1.165) is 26.2 Å². The smallest absolute Gasteiger partial charge is 0.0597 e. The topological polar surface area (TPSA) is 18.5 Å². The van der Waals surface area contributed by atoms with Crippen molar-refractivity contribution >= 4 is 0 Å². The number of ether oxygens (including phenoxy) is 2. The van der Waals surface area contributed by atoms with Gasteiger partial charge < -0.3 is 9.47 Å². The maximum Gasteiger partial charge on any atom is 0.0597 e. The first-order valence-electron chi connectivity index (χ1n) is 7.63. The van der Waals surface area contributed by atoms with Crippen molar-refractivity contribution in [3.63, 3.8) is 0 Å². The standard InChI is InChI=1S/C13H26O2.C2H6/c1-2-3-4-5-6-10-14-12-9-13-8-7-11-15-13;1-2/h13H,2-12H2,1H3;1-2H3. The molecule has 1 aliphatic rings. The average molecular weight is 244 g/mol. The van der Waals surface area contributed by atoms with Crippen molar-refractivity contribution in [2.45, 2.75) is 78.2 Å². The number of unbranched alkanes of at least 4 members (excludes halogenated alkanes) is 4. The van der Waals surface area contributed by atoms with E-state index in [2.05, 4.69) is 6.92 Å². The van der Waals surface area contributed by atoms with Crippen molar-refractivity contribution in [1.82, 2.24) is 0 Å². The summed E-state index contributed by atoms with van der Waals surface area (Å²) in [6, 6.07) is 0. The van der Waals surface area contributed by atoms with Crippen molar-refractivity contribution in [2.24, 2.45) is 0 Å². The minimum absolute atomic E-state index is 0.491. The summed E-state index contributed by atoms with van der Waals surface area (Å²) in [5.74, 6) is 0. The molecule has 1 heterocycles. The van der Waals surface area contributed by atoms with E-state index in [1.54, 1.807) is 0 Å². The van der Waals surface area contributed by atoms with Gasteiger partial charge in [-0.05, 0) is 25.7 Å². The van der Waals surface area contributed by atoms with Crippen molar-refractivity contribution in [2.75, 3.05) is 19.8 Å². The minimum Gasteiger partial charge on any atom is -0.381 e. The Balaban J connectivity index is 0.00000121. The molecule has 0 aromatic carbocycles. The van der Waals surface area contributed by atoms with E-state index >= 15 is 0 Å². The molecule has 1 atom stereocenters. The molecular weight excluding hydrogens is 212 g/mol. The Morgan fingerprint density at radius 3 is 2.47 bits per heavy atom. The third-order valence-electron chi connectivity index (χ3n) is 3.00. The Hall–Kier alpha value is -0.0800. The summed E-state index contributed by atoms with van der Waals surface area (Å²) in [5, 5.41) is 0. The van der Waals surface area contributed by atoms with Gasteiger partial charge in [-0.15, -0.1) is 0 Å². The van der Waals surface area contributed by atoms with Gasteiger partial charge in [-0.3, -0.25) is 0 Å². The molecule has 0 aromatic heterocycles. The Bertz CT molecular complexity index is 131. The van der Waals surface area contributed by atoms with Gasteiger partial charge in [-0.2, -0.15) is 0 Å². The lowest BCUT2D eigenvalue weighted by Gasteiger charge is -2.09. The highest BCUT2D eigenvalue weighted by Crippen LogP contribution is 2.15. The molecule has 0 bridgehead atoms. The van der Waals surface area contributed by atoms with E-state index in [0.29, 0.717) is 6.10 Å². The summed E-state index contributed by atoms with van der Waals surface area (Å²) in [4.78, 5) is 0. The third kappa shape index (κ3) is 10.8. The Labute approximate surface area is 108 Å². The third-order valence-corrected chi connectivity index (χ3v) is 3.00. The second-order valence-electron chi connectivity index (χ2n) is 4.45. The van der Waals surface area contributed by atoms with Crippen LogP contribution in [-0.4, -0.2) is 25.9 Å². The molecule has 1 unspecified atom stereocenters. The summed E-state index contributed by atoms with van der Waals surface area (Å²) in [6.07, 6.45) is 10.7. The molecule has 17 heavy (non-hydrogen) atoms. The van der Waals surface area contributed by atoms with E-state index in [4.69, 9.17) is 9.47 Å². The summed E-state index contributed by atoms with van der Waals surface area (Å²) < 4.78 is 11.1. The molecule has 104 valence electrons. The van der Waals surface area contributed by atoms with Gasteiger partial charge in [0.2, 0.25) is 0 Å². The lowest BCUT2D eigenvalue weighted by molar-refractivity contribution is 0.0582. The fourth-order valence-electron chi connectivity index (χ4n) is 2.00. The Morgan fingerprint density at radius 2 is 1.82 bits per heavy atom. The molecule has 1 saturated heterocycles. The Kier molecular flexibility index (Phi) is 13.9. The Morgan fingerprint density at radius 1 is 1.06 bits per heavy atom. The first-order chi connectivity index (χ1) is 8.43. The van der Waals surface area contributed by atoms with Crippen LogP contribution in [0.2, 0.25) is 0 Å². The zero-order valence-corrected chi connectivity index (χ0v) is 12.2. The van der Waals surface area contributed by atoms with Gasteiger partial charge in [-0.25, -0.2) is 0 Å². The highest BCUT2D eigenvalue weighted by molar-refractivity contribution is 4.63. The highest BCUT2D eigenvalue weighted by atomic mass is 16.5.